The Morgan fingerprint density at radius 2 is 2.07 bits per heavy atom. The zero-order valence-electron chi connectivity index (χ0n) is 8.49. The first kappa shape index (κ1) is 9.69. The van der Waals surface area contributed by atoms with Gasteiger partial charge in [0.25, 0.3) is 0 Å². The zero-order valence-corrected chi connectivity index (χ0v) is 8.49. The molecule has 0 aliphatic heterocycles. The Labute approximate surface area is 83.8 Å². The monoisotopic (exact) mass is 196 g/mol. The molecule has 2 aliphatic carbocycles. The fourth-order valence-corrected chi connectivity index (χ4v) is 2.99. The second kappa shape index (κ2) is 3.71. The van der Waals surface area contributed by atoms with Crippen LogP contribution in [-0.2, 0) is 14.3 Å². The van der Waals surface area contributed by atoms with E-state index in [0.29, 0.717) is 12.3 Å². The Bertz CT molecular complexity index is 259. The molecule has 0 heterocycles. The van der Waals surface area contributed by atoms with Crippen LogP contribution in [0.4, 0.5) is 0 Å². The maximum atomic E-state index is 11.6. The summed E-state index contributed by atoms with van der Waals surface area (Å²) >= 11 is 0. The lowest BCUT2D eigenvalue weighted by Crippen LogP contribution is -2.28. The molecule has 0 aromatic rings. The summed E-state index contributed by atoms with van der Waals surface area (Å²) in [5.41, 5.74) is 0. The van der Waals surface area contributed by atoms with Crippen molar-refractivity contribution in [3.8, 4) is 0 Å². The van der Waals surface area contributed by atoms with Crippen LogP contribution in [0.3, 0.4) is 0 Å². The van der Waals surface area contributed by atoms with Crippen LogP contribution in [0.1, 0.15) is 32.1 Å². The topological polar surface area (TPSA) is 43.4 Å². The van der Waals surface area contributed by atoms with Crippen molar-refractivity contribution in [3.63, 3.8) is 0 Å². The van der Waals surface area contributed by atoms with Gasteiger partial charge in [-0.15, -0.1) is 0 Å². The molecule has 3 nitrogen and oxygen atoms in total. The first-order valence-electron chi connectivity index (χ1n) is 5.34. The van der Waals surface area contributed by atoms with E-state index in [0.717, 1.165) is 19.3 Å². The number of rotatable bonds is 1. The molecule has 2 aliphatic rings. The van der Waals surface area contributed by atoms with E-state index in [1.54, 1.807) is 0 Å². The highest BCUT2D eigenvalue weighted by Crippen LogP contribution is 2.44. The number of hydrogen-bond acceptors (Lipinski definition) is 3. The Balaban J connectivity index is 2.15. The van der Waals surface area contributed by atoms with Crippen molar-refractivity contribution in [2.24, 2.45) is 17.8 Å². The molecule has 0 unspecified atom stereocenters. The summed E-state index contributed by atoms with van der Waals surface area (Å²) in [6.45, 7) is 0. The van der Waals surface area contributed by atoms with E-state index in [2.05, 4.69) is 0 Å². The van der Waals surface area contributed by atoms with E-state index in [4.69, 9.17) is 4.74 Å². The molecule has 0 saturated heterocycles. The normalized spacial score (nSPS) is 36.6. The highest BCUT2D eigenvalue weighted by Gasteiger charge is 2.47. The van der Waals surface area contributed by atoms with Gasteiger partial charge in [0.2, 0.25) is 0 Å². The molecule has 0 radical (unpaired) electrons. The van der Waals surface area contributed by atoms with Gasteiger partial charge in [-0.3, -0.25) is 9.59 Å². The SMILES string of the molecule is COC(=O)[C@H]1C(=O)C[C@@H]2CCCC[C@@H]21. The molecule has 3 heteroatoms. The molecule has 0 aromatic heterocycles. The standard InChI is InChI=1S/C11H16O3/c1-14-11(13)10-8-5-3-2-4-7(8)6-9(10)12/h7-8,10H,2-6H2,1H3/t7-,8-,10+/m0/s1. The number of ether oxygens (including phenoxy) is 1. The van der Waals surface area contributed by atoms with Gasteiger partial charge in [-0.25, -0.2) is 0 Å². The minimum atomic E-state index is -0.440. The van der Waals surface area contributed by atoms with Gasteiger partial charge < -0.3 is 4.74 Å². The molecule has 0 spiro atoms. The molecule has 0 bridgehead atoms. The zero-order chi connectivity index (χ0) is 10.1. The maximum absolute atomic E-state index is 11.6. The summed E-state index contributed by atoms with van der Waals surface area (Å²) in [5, 5.41) is 0. The molecule has 0 N–H and O–H groups in total. The van der Waals surface area contributed by atoms with Gasteiger partial charge >= 0.3 is 5.97 Å². The fraction of sp³-hybridized carbons (Fsp3) is 0.818. The first-order valence-corrected chi connectivity index (χ1v) is 5.34. The Hall–Kier alpha value is -0.860. The van der Waals surface area contributed by atoms with Crippen molar-refractivity contribution in [1.29, 1.82) is 0 Å². The Morgan fingerprint density at radius 1 is 1.36 bits per heavy atom. The summed E-state index contributed by atoms with van der Waals surface area (Å²) in [6, 6.07) is 0. The number of carbonyl (C=O) groups excluding carboxylic acids is 2. The highest BCUT2D eigenvalue weighted by molar-refractivity contribution is 6.01. The van der Waals surface area contributed by atoms with E-state index in [9.17, 15) is 9.59 Å². The maximum Gasteiger partial charge on any atom is 0.316 e. The lowest BCUT2D eigenvalue weighted by molar-refractivity contribution is -0.150. The van der Waals surface area contributed by atoms with Crippen molar-refractivity contribution >= 4 is 11.8 Å². The number of carbonyl (C=O) groups is 2. The summed E-state index contributed by atoms with van der Waals surface area (Å²) in [7, 11) is 1.37. The molecule has 2 rings (SSSR count). The van der Waals surface area contributed by atoms with Crippen LogP contribution in [0, 0.1) is 17.8 Å². The molecule has 0 aromatic carbocycles. The number of hydrogen-bond donors (Lipinski definition) is 0. The van der Waals surface area contributed by atoms with E-state index >= 15 is 0 Å². The predicted molar refractivity (Wildman–Crippen MR) is 50.6 cm³/mol. The highest BCUT2D eigenvalue weighted by atomic mass is 16.5. The van der Waals surface area contributed by atoms with Gasteiger partial charge in [-0.2, -0.15) is 0 Å². The number of esters is 1. The third kappa shape index (κ3) is 1.45. The van der Waals surface area contributed by atoms with Crippen molar-refractivity contribution in [3.05, 3.63) is 0 Å². The Morgan fingerprint density at radius 3 is 2.79 bits per heavy atom. The van der Waals surface area contributed by atoms with Gasteiger partial charge in [0.05, 0.1) is 7.11 Å². The predicted octanol–water partition coefficient (Wildman–Crippen LogP) is 1.55. The summed E-state index contributed by atoms with van der Waals surface area (Å²) in [6.07, 6.45) is 5.11. The number of ketones is 1. The van der Waals surface area contributed by atoms with E-state index in [-0.39, 0.29) is 17.7 Å². The van der Waals surface area contributed by atoms with Crippen molar-refractivity contribution in [2.45, 2.75) is 32.1 Å². The second-order valence-electron chi connectivity index (χ2n) is 4.38. The molecular formula is C11H16O3. The van der Waals surface area contributed by atoms with Crippen LogP contribution in [0.15, 0.2) is 0 Å². The summed E-state index contributed by atoms with van der Waals surface area (Å²) in [5.74, 6) is 0.0903. The van der Waals surface area contributed by atoms with Crippen LogP contribution in [0.2, 0.25) is 0 Å². The lowest BCUT2D eigenvalue weighted by atomic mass is 9.78. The molecule has 3 atom stereocenters. The van der Waals surface area contributed by atoms with Crippen LogP contribution >= 0.6 is 0 Å². The third-order valence-corrected chi connectivity index (χ3v) is 3.66. The van der Waals surface area contributed by atoms with Crippen LogP contribution in [0.25, 0.3) is 0 Å². The van der Waals surface area contributed by atoms with Crippen molar-refractivity contribution in [2.75, 3.05) is 7.11 Å². The van der Waals surface area contributed by atoms with Crippen LogP contribution in [-0.4, -0.2) is 18.9 Å². The first-order chi connectivity index (χ1) is 6.74. The number of methoxy groups -OCH3 is 1. The molecular weight excluding hydrogens is 180 g/mol. The largest absolute Gasteiger partial charge is 0.468 e. The molecule has 0 amide bonds. The number of Topliss-reactive ketones (excluding diaryl/α,β-unsaturated/α-hetero) is 1. The third-order valence-electron chi connectivity index (χ3n) is 3.66. The van der Waals surface area contributed by atoms with Gasteiger partial charge in [0, 0.05) is 6.42 Å². The van der Waals surface area contributed by atoms with Crippen molar-refractivity contribution < 1.29 is 14.3 Å². The smallest absolute Gasteiger partial charge is 0.316 e. The van der Waals surface area contributed by atoms with E-state index in [1.165, 1.54) is 13.5 Å². The van der Waals surface area contributed by atoms with Gasteiger partial charge in [0.15, 0.2) is 0 Å². The molecule has 78 valence electrons. The summed E-state index contributed by atoms with van der Waals surface area (Å²) in [4.78, 5) is 23.1. The minimum Gasteiger partial charge on any atom is -0.468 e. The molecule has 2 fully saturated rings. The second-order valence-corrected chi connectivity index (χ2v) is 4.38. The average molecular weight is 196 g/mol. The molecule has 14 heavy (non-hydrogen) atoms. The van der Waals surface area contributed by atoms with Crippen LogP contribution < -0.4 is 0 Å². The molecule has 2 saturated carbocycles. The quantitative estimate of drug-likeness (QED) is 0.472. The minimum absolute atomic E-state index is 0.105. The van der Waals surface area contributed by atoms with Gasteiger partial charge in [-0.1, -0.05) is 12.8 Å². The van der Waals surface area contributed by atoms with E-state index in [1.807, 2.05) is 0 Å². The van der Waals surface area contributed by atoms with Crippen LogP contribution in [0.5, 0.6) is 0 Å². The number of fused-ring (bicyclic) bond motifs is 1. The Kier molecular flexibility index (Phi) is 2.57. The average Bonchev–Trinajstić information content (AvgIpc) is 2.53. The van der Waals surface area contributed by atoms with Gasteiger partial charge in [-0.05, 0) is 24.7 Å². The van der Waals surface area contributed by atoms with Crippen molar-refractivity contribution in [1.82, 2.24) is 0 Å². The summed E-state index contributed by atoms with van der Waals surface area (Å²) < 4.78 is 4.69. The van der Waals surface area contributed by atoms with Gasteiger partial charge in [0.1, 0.15) is 11.7 Å². The fourth-order valence-electron chi connectivity index (χ4n) is 2.99. The lowest BCUT2D eigenvalue weighted by Gasteiger charge is -2.26. The van der Waals surface area contributed by atoms with E-state index < -0.39 is 5.92 Å².